The number of rotatable bonds is 5. The van der Waals surface area contributed by atoms with Gasteiger partial charge in [0.2, 0.25) is 0 Å². The molecule has 1 atom stereocenters. The largest absolute Gasteiger partial charge is 0.465 e. The van der Waals surface area contributed by atoms with Crippen LogP contribution in [0.3, 0.4) is 0 Å². The third kappa shape index (κ3) is 3.36. The number of carbonyl (C=O) groups excluding carboxylic acids is 2. The van der Waals surface area contributed by atoms with E-state index < -0.39 is 11.2 Å². The van der Waals surface area contributed by atoms with Crippen molar-refractivity contribution in [3.63, 3.8) is 0 Å². The Kier molecular flexibility index (Phi) is 5.01. The van der Waals surface area contributed by atoms with Gasteiger partial charge in [-0.3, -0.25) is 9.59 Å². The topological polar surface area (TPSA) is 82.0 Å². The molecule has 1 unspecified atom stereocenters. The Bertz CT molecular complexity index is 984. The number of esters is 1. The van der Waals surface area contributed by atoms with Gasteiger partial charge in [0.05, 0.1) is 16.8 Å². The summed E-state index contributed by atoms with van der Waals surface area (Å²) in [6.45, 7) is 7.30. The first-order valence-electron chi connectivity index (χ1n) is 7.77. The summed E-state index contributed by atoms with van der Waals surface area (Å²) in [6, 6.07) is 2.01. The van der Waals surface area contributed by atoms with Gasteiger partial charge in [0.15, 0.2) is 11.0 Å². The molecule has 3 aromatic heterocycles. The fourth-order valence-corrected chi connectivity index (χ4v) is 4.87. The highest BCUT2D eigenvalue weighted by atomic mass is 32.2. The van der Waals surface area contributed by atoms with Gasteiger partial charge in [-0.2, -0.15) is 0 Å². The van der Waals surface area contributed by atoms with Crippen molar-refractivity contribution < 1.29 is 14.3 Å². The second-order valence-electron chi connectivity index (χ2n) is 5.58. The Morgan fingerprint density at radius 2 is 2.08 bits per heavy atom. The van der Waals surface area contributed by atoms with E-state index in [0.29, 0.717) is 5.03 Å². The molecule has 0 aromatic carbocycles. The zero-order chi connectivity index (χ0) is 18.1. The van der Waals surface area contributed by atoms with Crippen molar-refractivity contribution in [1.29, 1.82) is 0 Å². The van der Waals surface area contributed by atoms with Crippen molar-refractivity contribution >= 4 is 55.3 Å². The highest BCUT2D eigenvalue weighted by Gasteiger charge is 2.28. The molecule has 0 spiro atoms. The molecule has 0 bridgehead atoms. The van der Waals surface area contributed by atoms with Crippen molar-refractivity contribution in [2.24, 2.45) is 0 Å². The maximum absolute atomic E-state index is 12.1. The lowest BCUT2D eigenvalue weighted by Gasteiger charge is -2.11. The number of thiophene rings is 1. The minimum atomic E-state index is -0.931. The van der Waals surface area contributed by atoms with Crippen molar-refractivity contribution in [1.82, 2.24) is 15.0 Å². The molecule has 6 nitrogen and oxygen atoms in total. The molecular formula is C17H17N3O3S2. The van der Waals surface area contributed by atoms with Crippen LogP contribution in [-0.2, 0) is 14.3 Å². The number of carbonyl (C=O) groups is 2. The first-order valence-corrected chi connectivity index (χ1v) is 9.47. The number of ether oxygens (including phenoxy) is 1. The lowest BCUT2D eigenvalue weighted by atomic mass is 10.1. The Labute approximate surface area is 153 Å². The summed E-state index contributed by atoms with van der Waals surface area (Å²) in [5.41, 5.74) is 2.83. The van der Waals surface area contributed by atoms with Crippen LogP contribution in [0, 0.1) is 13.8 Å². The van der Waals surface area contributed by atoms with Crippen LogP contribution in [0.4, 0.5) is 0 Å². The summed E-state index contributed by atoms with van der Waals surface area (Å²) in [7, 11) is 0. The van der Waals surface area contributed by atoms with Crippen LogP contribution >= 0.6 is 23.1 Å². The van der Waals surface area contributed by atoms with E-state index in [1.165, 1.54) is 24.6 Å². The van der Waals surface area contributed by atoms with E-state index in [1.807, 2.05) is 19.9 Å². The van der Waals surface area contributed by atoms with Crippen LogP contribution < -0.4 is 0 Å². The number of thioether (sulfide) groups is 1. The average molecular weight is 375 g/mol. The number of aryl methyl sites for hydroxylation is 2. The monoisotopic (exact) mass is 375 g/mol. The van der Waals surface area contributed by atoms with E-state index in [1.54, 1.807) is 6.92 Å². The SMILES string of the molecule is CCOC(=O)C(Sc1ncnc2c1sc1nc(C)cc(C)c12)C(C)=O. The molecule has 0 aliphatic carbocycles. The first kappa shape index (κ1) is 17.8. The normalized spacial score (nSPS) is 12.5. The highest BCUT2D eigenvalue weighted by Crippen LogP contribution is 2.39. The molecular weight excluding hydrogens is 358 g/mol. The Morgan fingerprint density at radius 1 is 1.32 bits per heavy atom. The van der Waals surface area contributed by atoms with Crippen LogP contribution in [0.1, 0.15) is 25.1 Å². The van der Waals surface area contributed by atoms with Crippen molar-refractivity contribution in [3.8, 4) is 0 Å². The number of hydrogen-bond acceptors (Lipinski definition) is 8. The van der Waals surface area contributed by atoms with E-state index in [0.717, 1.165) is 43.5 Å². The number of fused-ring (bicyclic) bond motifs is 3. The summed E-state index contributed by atoms with van der Waals surface area (Å²) >= 11 is 2.58. The fraction of sp³-hybridized carbons (Fsp3) is 0.353. The number of ketones is 1. The molecule has 0 aliphatic rings. The maximum Gasteiger partial charge on any atom is 0.327 e. The van der Waals surface area contributed by atoms with Crippen molar-refractivity contribution in [3.05, 3.63) is 23.7 Å². The van der Waals surface area contributed by atoms with Crippen molar-refractivity contribution in [2.75, 3.05) is 6.61 Å². The second-order valence-corrected chi connectivity index (χ2v) is 7.67. The molecule has 0 saturated carbocycles. The quantitative estimate of drug-likeness (QED) is 0.292. The number of aromatic nitrogens is 3. The Morgan fingerprint density at radius 3 is 2.76 bits per heavy atom. The minimum absolute atomic E-state index is 0.230. The number of hydrogen-bond donors (Lipinski definition) is 0. The molecule has 0 N–H and O–H groups in total. The smallest absolute Gasteiger partial charge is 0.327 e. The predicted molar refractivity (Wildman–Crippen MR) is 99.1 cm³/mol. The molecule has 0 fully saturated rings. The number of Topliss-reactive ketones (excluding diaryl/α,β-unsaturated/α-hetero) is 1. The van der Waals surface area contributed by atoms with Gasteiger partial charge in [0.25, 0.3) is 0 Å². The molecule has 8 heteroatoms. The van der Waals surface area contributed by atoms with Gasteiger partial charge in [-0.1, -0.05) is 11.8 Å². The molecule has 0 radical (unpaired) electrons. The van der Waals surface area contributed by atoms with Gasteiger partial charge >= 0.3 is 5.97 Å². The molecule has 0 saturated heterocycles. The maximum atomic E-state index is 12.1. The number of pyridine rings is 1. The molecule has 0 amide bonds. The van der Waals surface area contributed by atoms with Gasteiger partial charge < -0.3 is 4.74 Å². The molecule has 130 valence electrons. The summed E-state index contributed by atoms with van der Waals surface area (Å²) in [4.78, 5) is 38.1. The van der Waals surface area contributed by atoms with Crippen LogP contribution in [0.15, 0.2) is 17.4 Å². The van der Waals surface area contributed by atoms with Crippen molar-refractivity contribution in [2.45, 2.75) is 38.0 Å². The molecule has 25 heavy (non-hydrogen) atoms. The predicted octanol–water partition coefficient (Wildman–Crippen LogP) is 3.47. The lowest BCUT2D eigenvalue weighted by molar-refractivity contribution is -0.144. The molecule has 0 aliphatic heterocycles. The second kappa shape index (κ2) is 7.05. The van der Waals surface area contributed by atoms with Gasteiger partial charge in [0.1, 0.15) is 16.2 Å². The molecule has 3 aromatic rings. The zero-order valence-electron chi connectivity index (χ0n) is 14.3. The van der Waals surface area contributed by atoms with Crippen LogP contribution in [-0.4, -0.2) is 38.6 Å². The molecule has 3 heterocycles. The van der Waals surface area contributed by atoms with Gasteiger partial charge in [-0.25, -0.2) is 15.0 Å². The van der Waals surface area contributed by atoms with Crippen LogP contribution in [0.2, 0.25) is 0 Å². The van der Waals surface area contributed by atoms with E-state index in [9.17, 15) is 9.59 Å². The van der Waals surface area contributed by atoms with Gasteiger partial charge in [-0.15, -0.1) is 11.3 Å². The summed E-state index contributed by atoms with van der Waals surface area (Å²) < 4.78 is 5.84. The standard InChI is InChI=1S/C17H17N3O3S2/c1-5-23-17(22)13(10(4)21)24-16-14-12(18-7-19-16)11-8(2)6-9(3)20-15(11)25-14/h6-7,13H,5H2,1-4H3. The van der Waals surface area contributed by atoms with E-state index >= 15 is 0 Å². The van der Waals surface area contributed by atoms with Gasteiger partial charge in [0, 0.05) is 11.1 Å². The summed E-state index contributed by atoms with van der Waals surface area (Å²) in [5.74, 6) is -0.806. The highest BCUT2D eigenvalue weighted by molar-refractivity contribution is 8.01. The van der Waals surface area contributed by atoms with Crippen LogP contribution in [0.5, 0.6) is 0 Å². The minimum Gasteiger partial charge on any atom is -0.465 e. The lowest BCUT2D eigenvalue weighted by Crippen LogP contribution is -2.27. The summed E-state index contributed by atoms with van der Waals surface area (Å²) in [6.07, 6.45) is 1.46. The van der Waals surface area contributed by atoms with Crippen LogP contribution in [0.25, 0.3) is 20.4 Å². The van der Waals surface area contributed by atoms with E-state index in [-0.39, 0.29) is 12.4 Å². The summed E-state index contributed by atoms with van der Waals surface area (Å²) in [5, 5.41) is 0.655. The average Bonchev–Trinajstić information content (AvgIpc) is 2.91. The third-order valence-corrected chi connectivity index (χ3v) is 6.12. The third-order valence-electron chi connectivity index (χ3n) is 3.62. The van der Waals surface area contributed by atoms with E-state index in [4.69, 9.17) is 4.74 Å². The van der Waals surface area contributed by atoms with E-state index in [2.05, 4.69) is 15.0 Å². The van der Waals surface area contributed by atoms with Gasteiger partial charge in [-0.05, 0) is 39.3 Å². The number of nitrogens with zero attached hydrogens (tertiary/aromatic N) is 3. The molecule has 3 rings (SSSR count). The first-order chi connectivity index (χ1) is 11.9. The fourth-order valence-electron chi connectivity index (χ4n) is 2.60. The Balaban J connectivity index is 2.12. The zero-order valence-corrected chi connectivity index (χ0v) is 16.0. The Hall–Kier alpha value is -2.06.